The second kappa shape index (κ2) is 6.36. The van der Waals surface area contributed by atoms with Crippen LogP contribution in [0.25, 0.3) is 0 Å². The van der Waals surface area contributed by atoms with E-state index in [1.54, 1.807) is 4.68 Å². The minimum absolute atomic E-state index is 0.0764. The highest BCUT2D eigenvalue weighted by Gasteiger charge is 2.46. The van der Waals surface area contributed by atoms with Gasteiger partial charge in [-0.15, -0.1) is 0 Å². The number of benzene rings is 1. The molecule has 0 saturated heterocycles. The highest BCUT2D eigenvalue weighted by molar-refractivity contribution is 6.30. The lowest BCUT2D eigenvalue weighted by atomic mass is 10.1. The third kappa shape index (κ3) is 3.58. The van der Waals surface area contributed by atoms with E-state index in [1.807, 2.05) is 42.5 Å². The van der Waals surface area contributed by atoms with E-state index >= 15 is 0 Å². The fraction of sp³-hybridized carbons (Fsp3) is 0.444. The number of nitrogens with zero attached hydrogens (tertiary/aromatic N) is 3. The van der Waals surface area contributed by atoms with E-state index in [4.69, 9.17) is 11.6 Å². The van der Waals surface area contributed by atoms with Crippen LogP contribution in [-0.4, -0.2) is 26.6 Å². The Balaban J connectivity index is 1.70. The molecule has 3 rings (SSSR count). The number of hydrogen-bond donors (Lipinski definition) is 0. The monoisotopic (exact) mass is 331 g/mol. The van der Waals surface area contributed by atoms with E-state index in [0.29, 0.717) is 12.5 Å². The van der Waals surface area contributed by atoms with Crippen LogP contribution in [0.3, 0.4) is 0 Å². The number of aromatic nitrogens is 2. The number of carbonyl (C=O) groups excluding carboxylic acids is 1. The van der Waals surface area contributed by atoms with Crippen molar-refractivity contribution >= 4 is 17.5 Å². The Morgan fingerprint density at radius 2 is 2.26 bits per heavy atom. The van der Waals surface area contributed by atoms with E-state index in [-0.39, 0.29) is 17.9 Å². The zero-order chi connectivity index (χ0) is 16.6. The Hall–Kier alpha value is -1.81. The Bertz CT molecular complexity index is 710. The molecule has 1 fully saturated rings. The van der Waals surface area contributed by atoms with Crippen molar-refractivity contribution in [3.63, 3.8) is 0 Å². The first-order chi connectivity index (χ1) is 11.0. The van der Waals surface area contributed by atoms with Crippen molar-refractivity contribution in [1.82, 2.24) is 14.7 Å². The summed E-state index contributed by atoms with van der Waals surface area (Å²) in [6.07, 6.45) is 4.70. The normalized spacial score (nSPS) is 19.9. The van der Waals surface area contributed by atoms with Crippen molar-refractivity contribution < 1.29 is 4.79 Å². The van der Waals surface area contributed by atoms with Crippen LogP contribution >= 0.6 is 11.6 Å². The summed E-state index contributed by atoms with van der Waals surface area (Å²) in [7, 11) is 1.89. The summed E-state index contributed by atoms with van der Waals surface area (Å²) >= 11 is 6.06. The van der Waals surface area contributed by atoms with E-state index < -0.39 is 0 Å². The zero-order valence-electron chi connectivity index (χ0n) is 13.7. The van der Waals surface area contributed by atoms with Crippen LogP contribution < -0.4 is 0 Å². The first-order valence-corrected chi connectivity index (χ1v) is 8.37. The van der Waals surface area contributed by atoms with Crippen LogP contribution in [0.15, 0.2) is 36.7 Å². The van der Waals surface area contributed by atoms with Gasteiger partial charge >= 0.3 is 0 Å². The molecule has 23 heavy (non-hydrogen) atoms. The summed E-state index contributed by atoms with van der Waals surface area (Å²) in [4.78, 5) is 14.8. The minimum Gasteiger partial charge on any atom is -0.336 e. The quantitative estimate of drug-likeness (QED) is 0.839. The van der Waals surface area contributed by atoms with Crippen LogP contribution in [-0.2, 0) is 18.4 Å². The Kier molecular flexibility index (Phi) is 4.44. The Labute approximate surface area is 142 Å². The van der Waals surface area contributed by atoms with Crippen LogP contribution in [0, 0.1) is 5.92 Å². The molecule has 0 bridgehead atoms. The summed E-state index contributed by atoms with van der Waals surface area (Å²) in [5, 5.41) is 4.92. The van der Waals surface area contributed by atoms with Crippen LogP contribution in [0.4, 0.5) is 0 Å². The van der Waals surface area contributed by atoms with Gasteiger partial charge in [-0.05, 0) is 43.9 Å². The first-order valence-electron chi connectivity index (χ1n) is 7.99. The molecule has 1 heterocycles. The van der Waals surface area contributed by atoms with Crippen LogP contribution in [0.1, 0.15) is 37.3 Å². The number of amides is 1. The maximum Gasteiger partial charge on any atom is 0.226 e. The molecule has 1 aromatic carbocycles. The molecule has 1 saturated carbocycles. The van der Waals surface area contributed by atoms with E-state index in [1.165, 1.54) is 5.56 Å². The number of aryl methyl sites for hydroxylation is 1. The third-order valence-electron chi connectivity index (χ3n) is 4.40. The van der Waals surface area contributed by atoms with E-state index in [9.17, 15) is 4.79 Å². The molecule has 0 radical (unpaired) electrons. The average Bonchev–Trinajstić information content (AvgIpc) is 3.20. The summed E-state index contributed by atoms with van der Waals surface area (Å²) in [6.45, 7) is 4.74. The lowest BCUT2D eigenvalue weighted by Gasteiger charge is -2.26. The van der Waals surface area contributed by atoms with Gasteiger partial charge in [-0.2, -0.15) is 5.10 Å². The number of hydrogen-bond acceptors (Lipinski definition) is 2. The maximum atomic E-state index is 12.9. The topological polar surface area (TPSA) is 38.1 Å². The number of rotatable bonds is 5. The highest BCUT2D eigenvalue weighted by Crippen LogP contribution is 2.49. The van der Waals surface area contributed by atoms with Gasteiger partial charge in [-0.25, -0.2) is 0 Å². The lowest BCUT2D eigenvalue weighted by molar-refractivity contribution is -0.135. The van der Waals surface area contributed by atoms with Crippen molar-refractivity contribution in [2.45, 2.75) is 38.8 Å². The molecule has 4 nitrogen and oxygen atoms in total. The standard InChI is InChI=1S/C18H22ClN3O/c1-12(2)22(11-13-9-20-21(3)10-13)18(23)17-8-16(17)14-5-4-6-15(19)7-14/h4-7,9-10,12,16-17H,8,11H2,1-3H3/t16-,17+/m0/s1. The second-order valence-corrected chi connectivity index (χ2v) is 7.02. The lowest BCUT2D eigenvalue weighted by Crippen LogP contribution is -2.37. The van der Waals surface area contributed by atoms with Gasteiger partial charge in [-0.3, -0.25) is 9.48 Å². The van der Waals surface area contributed by atoms with E-state index in [2.05, 4.69) is 25.0 Å². The van der Waals surface area contributed by atoms with Crippen LogP contribution in [0.2, 0.25) is 5.02 Å². The van der Waals surface area contributed by atoms with Gasteiger partial charge in [0.1, 0.15) is 0 Å². The summed E-state index contributed by atoms with van der Waals surface area (Å²) in [6, 6.07) is 8.02. The van der Waals surface area contributed by atoms with Gasteiger partial charge in [-0.1, -0.05) is 23.7 Å². The van der Waals surface area contributed by atoms with Crippen LogP contribution in [0.5, 0.6) is 0 Å². The maximum absolute atomic E-state index is 12.9. The van der Waals surface area contributed by atoms with Crippen molar-refractivity contribution in [3.8, 4) is 0 Å². The van der Waals surface area contributed by atoms with Gasteiger partial charge in [0.25, 0.3) is 0 Å². The van der Waals surface area contributed by atoms with Gasteiger partial charge < -0.3 is 4.90 Å². The smallest absolute Gasteiger partial charge is 0.226 e. The Morgan fingerprint density at radius 1 is 1.48 bits per heavy atom. The molecule has 1 aliphatic carbocycles. The van der Waals surface area contributed by atoms with Crippen molar-refractivity contribution in [1.29, 1.82) is 0 Å². The molecule has 0 unspecified atom stereocenters. The van der Waals surface area contributed by atoms with Gasteiger partial charge in [0.05, 0.1) is 6.20 Å². The third-order valence-corrected chi connectivity index (χ3v) is 4.64. The largest absolute Gasteiger partial charge is 0.336 e. The van der Waals surface area contributed by atoms with Crippen molar-refractivity contribution in [3.05, 3.63) is 52.8 Å². The fourth-order valence-corrected chi connectivity index (χ4v) is 3.25. The fourth-order valence-electron chi connectivity index (χ4n) is 3.05. The predicted molar refractivity (Wildman–Crippen MR) is 91.2 cm³/mol. The van der Waals surface area contributed by atoms with Crippen molar-refractivity contribution in [2.24, 2.45) is 13.0 Å². The van der Waals surface area contributed by atoms with E-state index in [0.717, 1.165) is 17.0 Å². The molecule has 0 spiro atoms. The number of carbonyl (C=O) groups is 1. The molecular formula is C18H22ClN3O. The molecule has 1 amide bonds. The SMILES string of the molecule is CC(C)N(Cc1cnn(C)c1)C(=O)[C@@H]1C[C@H]1c1cccc(Cl)c1. The molecule has 0 aliphatic heterocycles. The molecule has 122 valence electrons. The number of halogens is 1. The summed E-state index contributed by atoms with van der Waals surface area (Å²) in [5.74, 6) is 0.609. The second-order valence-electron chi connectivity index (χ2n) is 6.59. The van der Waals surface area contributed by atoms with Gasteiger partial charge in [0.15, 0.2) is 0 Å². The predicted octanol–water partition coefficient (Wildman–Crippen LogP) is 3.61. The summed E-state index contributed by atoms with van der Waals surface area (Å²) in [5.41, 5.74) is 2.23. The zero-order valence-corrected chi connectivity index (χ0v) is 14.5. The molecule has 1 aliphatic rings. The van der Waals surface area contributed by atoms with Crippen molar-refractivity contribution in [2.75, 3.05) is 0 Å². The molecule has 2 atom stereocenters. The Morgan fingerprint density at radius 3 is 2.87 bits per heavy atom. The van der Waals surface area contributed by atoms with Gasteiger partial charge in [0, 0.05) is 42.3 Å². The molecular weight excluding hydrogens is 310 g/mol. The minimum atomic E-state index is 0.0764. The molecule has 5 heteroatoms. The average molecular weight is 332 g/mol. The van der Waals surface area contributed by atoms with Gasteiger partial charge in [0.2, 0.25) is 5.91 Å². The summed E-state index contributed by atoms with van der Waals surface area (Å²) < 4.78 is 1.77. The first kappa shape index (κ1) is 16.1. The molecule has 2 aromatic rings. The highest BCUT2D eigenvalue weighted by atomic mass is 35.5. The molecule has 0 N–H and O–H groups in total. The molecule has 1 aromatic heterocycles.